The van der Waals surface area contributed by atoms with E-state index in [-0.39, 0.29) is 17.9 Å². The lowest BCUT2D eigenvalue weighted by Crippen LogP contribution is -2.21. The molecular formula is C17H24O3. The highest BCUT2D eigenvalue weighted by Gasteiger charge is 2.17. The van der Waals surface area contributed by atoms with Gasteiger partial charge in [0, 0.05) is 5.92 Å². The van der Waals surface area contributed by atoms with Gasteiger partial charge in [-0.3, -0.25) is 0 Å². The van der Waals surface area contributed by atoms with E-state index < -0.39 is 0 Å². The number of hydrogen-bond donors (Lipinski definition) is 0. The third kappa shape index (κ3) is 5.17. The van der Waals surface area contributed by atoms with Crippen molar-refractivity contribution < 1.29 is 14.3 Å². The van der Waals surface area contributed by atoms with Crippen LogP contribution in [0.3, 0.4) is 0 Å². The van der Waals surface area contributed by atoms with Crippen molar-refractivity contribution in [2.75, 3.05) is 7.11 Å². The third-order valence-corrected chi connectivity index (χ3v) is 3.37. The fourth-order valence-corrected chi connectivity index (χ4v) is 2.15. The highest BCUT2D eigenvalue weighted by molar-refractivity contribution is 5.52. The van der Waals surface area contributed by atoms with E-state index in [4.69, 9.17) is 9.47 Å². The Kier molecular flexibility index (Phi) is 7.02. The first-order valence-corrected chi connectivity index (χ1v) is 6.93. The lowest BCUT2D eigenvalue weighted by molar-refractivity contribution is -0.111. The molecule has 1 aromatic carbocycles. The maximum absolute atomic E-state index is 10.7. The van der Waals surface area contributed by atoms with Gasteiger partial charge in [-0.15, -0.1) is 6.58 Å². The monoisotopic (exact) mass is 276 g/mol. The summed E-state index contributed by atoms with van der Waals surface area (Å²) in [6.45, 7) is 8.36. The Balaban J connectivity index is 2.51. The van der Waals surface area contributed by atoms with Crippen LogP contribution in [0.5, 0.6) is 5.75 Å². The molecule has 1 aromatic rings. The topological polar surface area (TPSA) is 35.5 Å². The summed E-state index contributed by atoms with van der Waals surface area (Å²) < 4.78 is 11.0. The van der Waals surface area contributed by atoms with Gasteiger partial charge in [-0.25, -0.2) is 0 Å². The Bertz CT molecular complexity index is 411. The highest BCUT2D eigenvalue weighted by Crippen LogP contribution is 2.19. The van der Waals surface area contributed by atoms with Crippen molar-refractivity contribution >= 4 is 6.29 Å². The molecule has 0 aromatic heterocycles. The van der Waals surface area contributed by atoms with E-state index in [9.17, 15) is 4.79 Å². The summed E-state index contributed by atoms with van der Waals surface area (Å²) >= 11 is 0. The van der Waals surface area contributed by atoms with Crippen LogP contribution < -0.4 is 4.74 Å². The second-order valence-corrected chi connectivity index (χ2v) is 5.19. The molecule has 0 saturated heterocycles. The molecule has 0 spiro atoms. The smallest absolute Gasteiger partial charge is 0.122 e. The van der Waals surface area contributed by atoms with E-state index in [1.165, 1.54) is 0 Å². The van der Waals surface area contributed by atoms with Crippen molar-refractivity contribution in [3.8, 4) is 5.75 Å². The lowest BCUT2D eigenvalue weighted by Gasteiger charge is -2.22. The SMILES string of the molecule is C=CC(OCc1ccc(OC)cc1)[C@@H](C)C[C@@H](C)C=O. The van der Waals surface area contributed by atoms with Crippen LogP contribution in [-0.2, 0) is 16.1 Å². The largest absolute Gasteiger partial charge is 0.497 e. The van der Waals surface area contributed by atoms with Gasteiger partial charge in [-0.05, 0) is 30.0 Å². The Morgan fingerprint density at radius 3 is 2.40 bits per heavy atom. The van der Waals surface area contributed by atoms with Gasteiger partial charge in [0.25, 0.3) is 0 Å². The van der Waals surface area contributed by atoms with Gasteiger partial charge in [0.1, 0.15) is 12.0 Å². The summed E-state index contributed by atoms with van der Waals surface area (Å²) in [5, 5.41) is 0. The molecular weight excluding hydrogens is 252 g/mol. The van der Waals surface area contributed by atoms with Crippen molar-refractivity contribution in [2.45, 2.75) is 33.0 Å². The Labute approximate surface area is 121 Å². The number of ether oxygens (including phenoxy) is 2. The van der Waals surface area contributed by atoms with Crippen LogP contribution >= 0.6 is 0 Å². The van der Waals surface area contributed by atoms with Crippen LogP contribution in [0.2, 0.25) is 0 Å². The van der Waals surface area contributed by atoms with E-state index in [0.29, 0.717) is 6.61 Å². The molecule has 0 heterocycles. The van der Waals surface area contributed by atoms with Gasteiger partial charge >= 0.3 is 0 Å². The van der Waals surface area contributed by atoms with Crippen LogP contribution in [0.4, 0.5) is 0 Å². The van der Waals surface area contributed by atoms with E-state index in [0.717, 1.165) is 24.0 Å². The van der Waals surface area contributed by atoms with Gasteiger partial charge in [-0.1, -0.05) is 32.1 Å². The molecule has 0 N–H and O–H groups in total. The van der Waals surface area contributed by atoms with Gasteiger partial charge < -0.3 is 14.3 Å². The standard InChI is InChI=1S/C17H24O3/c1-5-17(14(3)10-13(2)11-18)20-12-15-6-8-16(19-4)9-7-15/h5-9,11,13-14,17H,1,10,12H2,2-4H3/t13-,14+,17?/m1/s1. The molecule has 0 amide bonds. The second-order valence-electron chi connectivity index (χ2n) is 5.19. The summed E-state index contributed by atoms with van der Waals surface area (Å²) in [5.41, 5.74) is 1.09. The molecule has 1 rings (SSSR count). The highest BCUT2D eigenvalue weighted by atomic mass is 16.5. The van der Waals surface area contributed by atoms with Crippen LogP contribution in [0.1, 0.15) is 25.8 Å². The van der Waals surface area contributed by atoms with Gasteiger partial charge in [0.05, 0.1) is 19.8 Å². The molecule has 0 aliphatic heterocycles. The zero-order chi connectivity index (χ0) is 15.0. The maximum Gasteiger partial charge on any atom is 0.122 e. The van der Waals surface area contributed by atoms with E-state index in [1.54, 1.807) is 7.11 Å². The molecule has 0 bridgehead atoms. The molecule has 0 saturated carbocycles. The number of carbonyl (C=O) groups is 1. The lowest BCUT2D eigenvalue weighted by atomic mass is 9.93. The fourth-order valence-electron chi connectivity index (χ4n) is 2.15. The number of aldehydes is 1. The number of carbonyl (C=O) groups excluding carboxylic acids is 1. The normalized spacial score (nSPS) is 15.2. The quantitative estimate of drug-likeness (QED) is 0.510. The first-order chi connectivity index (χ1) is 9.60. The van der Waals surface area contributed by atoms with Gasteiger partial charge in [0.15, 0.2) is 0 Å². The molecule has 1 unspecified atom stereocenters. The zero-order valence-corrected chi connectivity index (χ0v) is 12.5. The second kappa shape index (κ2) is 8.54. The van der Waals surface area contributed by atoms with E-state index >= 15 is 0 Å². The molecule has 3 heteroatoms. The zero-order valence-electron chi connectivity index (χ0n) is 12.5. The van der Waals surface area contributed by atoms with Gasteiger partial charge in [-0.2, -0.15) is 0 Å². The molecule has 3 nitrogen and oxygen atoms in total. The van der Waals surface area contributed by atoms with Crippen molar-refractivity contribution in [1.82, 2.24) is 0 Å². The number of benzene rings is 1. The minimum absolute atomic E-state index is 0.0421. The fraction of sp³-hybridized carbons (Fsp3) is 0.471. The minimum Gasteiger partial charge on any atom is -0.497 e. The molecule has 0 radical (unpaired) electrons. The average Bonchev–Trinajstić information content (AvgIpc) is 2.48. The van der Waals surface area contributed by atoms with Crippen LogP contribution in [0.15, 0.2) is 36.9 Å². The first kappa shape index (κ1) is 16.4. The predicted octanol–water partition coefficient (Wildman–Crippen LogP) is 3.63. The van der Waals surface area contributed by atoms with Crippen molar-refractivity contribution in [1.29, 1.82) is 0 Å². The molecule has 20 heavy (non-hydrogen) atoms. The number of hydrogen-bond acceptors (Lipinski definition) is 3. The summed E-state index contributed by atoms with van der Waals surface area (Å²) in [7, 11) is 1.65. The summed E-state index contributed by atoms with van der Waals surface area (Å²) in [4.78, 5) is 10.7. The van der Waals surface area contributed by atoms with Crippen LogP contribution in [0, 0.1) is 11.8 Å². The van der Waals surface area contributed by atoms with Gasteiger partial charge in [0.2, 0.25) is 0 Å². The molecule has 0 fully saturated rings. The van der Waals surface area contributed by atoms with Crippen LogP contribution in [0.25, 0.3) is 0 Å². The average molecular weight is 276 g/mol. The molecule has 0 aliphatic carbocycles. The molecule has 110 valence electrons. The Morgan fingerprint density at radius 1 is 1.25 bits per heavy atom. The van der Waals surface area contributed by atoms with Crippen LogP contribution in [-0.4, -0.2) is 19.5 Å². The molecule has 0 aliphatic rings. The van der Waals surface area contributed by atoms with Crippen molar-refractivity contribution in [2.24, 2.45) is 11.8 Å². The minimum atomic E-state index is -0.0421. The third-order valence-electron chi connectivity index (χ3n) is 3.37. The Hall–Kier alpha value is -1.61. The van der Waals surface area contributed by atoms with E-state index in [1.807, 2.05) is 37.3 Å². The van der Waals surface area contributed by atoms with E-state index in [2.05, 4.69) is 13.5 Å². The first-order valence-electron chi connectivity index (χ1n) is 6.93. The van der Waals surface area contributed by atoms with Crippen molar-refractivity contribution in [3.63, 3.8) is 0 Å². The summed E-state index contributed by atoms with van der Waals surface area (Å²) in [6, 6.07) is 7.80. The predicted molar refractivity (Wildman–Crippen MR) is 80.8 cm³/mol. The summed E-state index contributed by atoms with van der Waals surface area (Å²) in [6.07, 6.45) is 3.56. The number of rotatable bonds is 9. The maximum atomic E-state index is 10.7. The summed E-state index contributed by atoms with van der Waals surface area (Å²) in [5.74, 6) is 1.16. The number of methoxy groups -OCH3 is 1. The molecule has 3 atom stereocenters. The Morgan fingerprint density at radius 2 is 1.90 bits per heavy atom. The van der Waals surface area contributed by atoms with Crippen molar-refractivity contribution in [3.05, 3.63) is 42.5 Å².